The van der Waals surface area contributed by atoms with E-state index in [-0.39, 0.29) is 207 Å². The zero-order valence-electron chi connectivity index (χ0n) is 4.13. The molecule has 0 amide bonds. The molecule has 0 aliphatic heterocycles. The van der Waals surface area contributed by atoms with Crippen LogP contribution in [0.5, 0.6) is 0 Å². The van der Waals surface area contributed by atoms with E-state index in [0.717, 1.165) is 0 Å². The molecule has 0 unspecified atom stereocenters. The average molecular weight is 779 g/mol. The molecule has 6 heteroatoms. The van der Waals surface area contributed by atoms with Gasteiger partial charge in [-0.2, -0.15) is 0 Å². The fourth-order valence-corrected chi connectivity index (χ4v) is 0. The Balaban J connectivity index is -0.00000000667. The summed E-state index contributed by atoms with van der Waals surface area (Å²) in [5, 5.41) is 0. The topological polar surface area (TPSA) is 0 Å². The summed E-state index contributed by atoms with van der Waals surface area (Å²) in [4.78, 5) is 0. The fraction of sp³-hybridized carbons (Fsp3) is 0. The smallest absolute Gasteiger partial charge is 1.00 e. The minimum absolute atomic E-state index is 0. The van der Waals surface area contributed by atoms with E-state index in [1.807, 2.05) is 0 Å². The van der Waals surface area contributed by atoms with Gasteiger partial charge in [-0.25, -0.2) is 0 Å². The SMILES string of the molecule is I[I-]I.[Cs+].[Cs+].[Cs+]. The fourth-order valence-electron chi connectivity index (χ4n) is 0. The Kier molecular flexibility index (Phi) is 92.7. The molecule has 0 radical (unpaired) electrons. The van der Waals surface area contributed by atoms with Crippen molar-refractivity contribution in [3.8, 4) is 0 Å². The van der Waals surface area contributed by atoms with E-state index in [1.54, 1.807) is 0 Å². The van der Waals surface area contributed by atoms with E-state index in [0.29, 0.717) is 13.3 Å². The van der Waals surface area contributed by atoms with Crippen LogP contribution >= 0.6 is 37.2 Å². The first-order valence-corrected chi connectivity index (χ1v) is 12.9. The normalized spacial score (nSPS) is 3.67. The summed E-state index contributed by atoms with van der Waals surface area (Å²) in [6.07, 6.45) is 0. The molecule has 0 spiro atoms. The van der Waals surface area contributed by atoms with Crippen LogP contribution in [0.1, 0.15) is 0 Å². The number of halogens is 3. The van der Waals surface area contributed by atoms with Crippen LogP contribution in [0.2, 0.25) is 0 Å². The zero-order chi connectivity index (χ0) is 2.71. The van der Waals surface area contributed by atoms with Crippen molar-refractivity contribution >= 4 is 37.2 Å². The summed E-state index contributed by atoms with van der Waals surface area (Å²) < 4.78 is 0. The van der Waals surface area contributed by atoms with Crippen LogP contribution in [0.3, 0.4) is 0 Å². The molecule has 0 aromatic carbocycles. The zero-order valence-corrected chi connectivity index (χ0v) is 29.4. The molecule has 6 heavy (non-hydrogen) atoms. The predicted molar refractivity (Wildman–Crippen MR) is 28.0 cm³/mol. The molecule has 0 aliphatic rings. The maximum atomic E-state index is 2.39. The maximum absolute atomic E-state index is 2.39. The van der Waals surface area contributed by atoms with Gasteiger partial charge in [0.05, 0.1) is 0 Å². The molecule has 22 valence electrons. The van der Waals surface area contributed by atoms with Gasteiger partial charge in [0.2, 0.25) is 0 Å². The van der Waals surface area contributed by atoms with E-state index >= 15 is 0 Å². The Morgan fingerprint density at radius 1 is 0.833 bits per heavy atom. The van der Waals surface area contributed by atoms with Gasteiger partial charge in [-0.1, -0.05) is 0 Å². The second-order valence-corrected chi connectivity index (χ2v) is 16.3. The monoisotopic (exact) mass is 779 g/mol. The Morgan fingerprint density at radius 2 is 0.833 bits per heavy atom. The molecular weight excluding hydrogens is 779 g/mol. The van der Waals surface area contributed by atoms with E-state index in [1.165, 1.54) is 0 Å². The first-order chi connectivity index (χ1) is 1.41. The van der Waals surface area contributed by atoms with Crippen molar-refractivity contribution in [2.75, 3.05) is 0 Å². The molecule has 0 fully saturated rings. The summed E-state index contributed by atoms with van der Waals surface area (Å²) in [5.41, 5.74) is 0. The molecule has 0 nitrogen and oxygen atoms in total. The van der Waals surface area contributed by atoms with Crippen molar-refractivity contribution in [3.05, 3.63) is 0 Å². The predicted octanol–water partition coefficient (Wildman–Crippen LogP) is -10.2. The number of hydrogen-bond acceptors (Lipinski definition) is 0. The Bertz CT molecular complexity index is 6.00. The molecule has 0 bridgehead atoms. The van der Waals surface area contributed by atoms with Crippen LogP contribution in [-0.4, -0.2) is 0 Å². The van der Waals surface area contributed by atoms with Crippen molar-refractivity contribution in [1.82, 2.24) is 0 Å². The molecule has 0 aromatic rings. The van der Waals surface area contributed by atoms with E-state index in [9.17, 15) is 0 Å². The number of hydrogen-bond donors (Lipinski definition) is 0. The largest absolute Gasteiger partial charge is 1.00 e. The first kappa shape index (κ1) is 23.9. The van der Waals surface area contributed by atoms with Crippen LogP contribution in [-0.2, 0) is 0 Å². The quantitative estimate of drug-likeness (QED) is 0.215. The first-order valence-electron chi connectivity index (χ1n) is 0.286. The summed E-state index contributed by atoms with van der Waals surface area (Å²) in [7, 11) is 0. The molecule has 0 aliphatic carbocycles. The molecular formula is Cs3I3+2. The van der Waals surface area contributed by atoms with Gasteiger partial charge in [0.1, 0.15) is 0 Å². The molecule has 0 aromatic heterocycles. The number of rotatable bonds is 0. The van der Waals surface area contributed by atoms with Gasteiger partial charge in [0, 0.05) is 0 Å². The third-order valence-electron chi connectivity index (χ3n) is 0. The van der Waals surface area contributed by atoms with Crippen molar-refractivity contribution in [2.45, 2.75) is 0 Å². The van der Waals surface area contributed by atoms with Crippen LogP contribution in [0.15, 0.2) is 0 Å². The van der Waals surface area contributed by atoms with Gasteiger partial charge in [0.25, 0.3) is 0 Å². The van der Waals surface area contributed by atoms with Crippen LogP contribution in [0.4, 0.5) is 0 Å². The van der Waals surface area contributed by atoms with E-state index in [2.05, 4.69) is 37.2 Å². The molecule has 0 heterocycles. The summed E-state index contributed by atoms with van der Waals surface area (Å²) >= 11 is 5.30. The van der Waals surface area contributed by atoms with Crippen molar-refractivity contribution in [3.63, 3.8) is 0 Å². The van der Waals surface area contributed by atoms with Crippen LogP contribution in [0, 0.1) is 0 Å². The Labute approximate surface area is 245 Å². The van der Waals surface area contributed by atoms with Gasteiger partial charge in [-0.05, 0) is 0 Å². The molecule has 0 rings (SSSR count). The minimum Gasteiger partial charge on any atom is 1.00 e. The van der Waals surface area contributed by atoms with Gasteiger partial charge < -0.3 is 0 Å². The van der Waals surface area contributed by atoms with Gasteiger partial charge in [-0.15, -0.1) is 0 Å². The minimum atomic E-state index is 0. The Morgan fingerprint density at radius 3 is 0.833 bits per heavy atom. The standard InChI is InChI=1S/3Cs.I3/c;;;1-3-2/q3*+1;-1. The molecule has 0 saturated carbocycles. The third kappa shape index (κ3) is 22.8. The molecule has 0 saturated heterocycles. The van der Waals surface area contributed by atoms with Crippen LogP contribution in [0.25, 0.3) is 0 Å². The van der Waals surface area contributed by atoms with Crippen molar-refractivity contribution in [1.29, 1.82) is 0 Å². The second kappa shape index (κ2) is 23.3. The van der Waals surface area contributed by atoms with Crippen molar-refractivity contribution in [2.24, 2.45) is 0 Å². The molecule has 0 atom stereocenters. The average Bonchev–Trinajstić information content (AvgIpc) is 0.918. The Hall–Kier alpha value is 8.35. The summed E-state index contributed by atoms with van der Waals surface area (Å²) in [6.45, 7) is 0. The maximum Gasteiger partial charge on any atom is 1.00 e. The van der Waals surface area contributed by atoms with Gasteiger partial charge in [-0.3, -0.25) is 0 Å². The van der Waals surface area contributed by atoms with Crippen molar-refractivity contribution < 1.29 is 220 Å². The summed E-state index contributed by atoms with van der Waals surface area (Å²) in [6, 6.07) is 0. The second-order valence-electron chi connectivity index (χ2n) is 0.0540. The van der Waals surface area contributed by atoms with Gasteiger partial charge >= 0.3 is 257 Å². The van der Waals surface area contributed by atoms with E-state index in [4.69, 9.17) is 0 Å². The summed E-state index contributed by atoms with van der Waals surface area (Å²) in [5.74, 6) is 0. The van der Waals surface area contributed by atoms with E-state index < -0.39 is 0 Å². The van der Waals surface area contributed by atoms with Gasteiger partial charge in [0.15, 0.2) is 0 Å². The van der Waals surface area contributed by atoms with Crippen LogP contribution < -0.4 is 220 Å². The third-order valence-corrected chi connectivity index (χ3v) is 0. The molecule has 0 N–H and O–H groups in total.